The Hall–Kier alpha value is -0.830. The Morgan fingerprint density at radius 1 is 1.64 bits per heavy atom. The van der Waals surface area contributed by atoms with E-state index in [9.17, 15) is 0 Å². The van der Waals surface area contributed by atoms with Gasteiger partial charge < -0.3 is 9.67 Å². The molecule has 0 aromatic carbocycles. The Balaban J connectivity index is 1.99. The van der Waals surface area contributed by atoms with Crippen LogP contribution in [0.3, 0.4) is 0 Å². The third kappa shape index (κ3) is 1.60. The SMILES string of the molecule is OCc1cn(CC2CC2)cn1. The molecule has 1 saturated carbocycles. The van der Waals surface area contributed by atoms with Crippen LogP contribution in [0, 0.1) is 5.92 Å². The van der Waals surface area contributed by atoms with Gasteiger partial charge in [0.05, 0.1) is 18.6 Å². The Morgan fingerprint density at radius 3 is 3.00 bits per heavy atom. The summed E-state index contributed by atoms with van der Waals surface area (Å²) in [5.74, 6) is 0.871. The minimum Gasteiger partial charge on any atom is -0.390 e. The van der Waals surface area contributed by atoms with Crippen LogP contribution in [0.15, 0.2) is 12.5 Å². The fraction of sp³-hybridized carbons (Fsp3) is 0.625. The van der Waals surface area contributed by atoms with Gasteiger partial charge in [0.25, 0.3) is 0 Å². The van der Waals surface area contributed by atoms with Crippen molar-refractivity contribution in [1.29, 1.82) is 0 Å². The highest BCUT2D eigenvalue weighted by Gasteiger charge is 2.21. The summed E-state index contributed by atoms with van der Waals surface area (Å²) in [7, 11) is 0. The molecule has 3 nitrogen and oxygen atoms in total. The Kier molecular flexibility index (Phi) is 1.66. The van der Waals surface area contributed by atoms with E-state index in [1.807, 2.05) is 6.20 Å². The fourth-order valence-corrected chi connectivity index (χ4v) is 1.19. The predicted molar refractivity (Wildman–Crippen MR) is 40.9 cm³/mol. The molecule has 0 atom stereocenters. The van der Waals surface area contributed by atoms with Crippen molar-refractivity contribution in [3.05, 3.63) is 18.2 Å². The van der Waals surface area contributed by atoms with Crippen LogP contribution in [0.5, 0.6) is 0 Å². The van der Waals surface area contributed by atoms with E-state index in [1.54, 1.807) is 6.33 Å². The van der Waals surface area contributed by atoms with Crippen molar-refractivity contribution < 1.29 is 5.11 Å². The molecule has 0 spiro atoms. The highest BCUT2D eigenvalue weighted by atomic mass is 16.3. The van der Waals surface area contributed by atoms with Crippen molar-refractivity contribution in [1.82, 2.24) is 9.55 Å². The summed E-state index contributed by atoms with van der Waals surface area (Å²) in [4.78, 5) is 4.03. The molecule has 1 aliphatic carbocycles. The molecule has 0 unspecified atom stereocenters. The molecule has 1 aliphatic rings. The first-order chi connectivity index (χ1) is 5.38. The van der Waals surface area contributed by atoms with E-state index in [4.69, 9.17) is 5.11 Å². The van der Waals surface area contributed by atoms with Gasteiger partial charge in [-0.25, -0.2) is 4.98 Å². The molecule has 2 rings (SSSR count). The number of nitrogens with zero attached hydrogens (tertiary/aromatic N) is 2. The summed E-state index contributed by atoms with van der Waals surface area (Å²) < 4.78 is 2.06. The number of rotatable bonds is 3. The summed E-state index contributed by atoms with van der Waals surface area (Å²) in [5, 5.41) is 8.72. The molecule has 0 amide bonds. The summed E-state index contributed by atoms with van der Waals surface area (Å²) in [6, 6.07) is 0. The third-order valence-electron chi connectivity index (χ3n) is 2.01. The second-order valence-corrected chi connectivity index (χ2v) is 3.16. The normalized spacial score (nSPS) is 17.2. The molecule has 0 radical (unpaired) electrons. The smallest absolute Gasteiger partial charge is 0.0950 e. The quantitative estimate of drug-likeness (QED) is 0.695. The first-order valence-corrected chi connectivity index (χ1v) is 4.00. The van der Waals surface area contributed by atoms with Crippen LogP contribution in [0.1, 0.15) is 18.5 Å². The lowest BCUT2D eigenvalue weighted by Crippen LogP contribution is -1.95. The van der Waals surface area contributed by atoms with E-state index in [0.717, 1.165) is 18.2 Å². The zero-order chi connectivity index (χ0) is 7.68. The maximum atomic E-state index is 8.72. The molecule has 0 aliphatic heterocycles. The van der Waals surface area contributed by atoms with Gasteiger partial charge in [-0.2, -0.15) is 0 Å². The van der Waals surface area contributed by atoms with Crippen LogP contribution in [-0.2, 0) is 13.2 Å². The molecule has 3 heteroatoms. The van der Waals surface area contributed by atoms with Crippen LogP contribution in [0.25, 0.3) is 0 Å². The molecule has 0 saturated heterocycles. The second-order valence-electron chi connectivity index (χ2n) is 3.16. The van der Waals surface area contributed by atoms with E-state index < -0.39 is 0 Å². The van der Waals surface area contributed by atoms with Crippen molar-refractivity contribution in [3.63, 3.8) is 0 Å². The van der Waals surface area contributed by atoms with Crippen molar-refractivity contribution in [3.8, 4) is 0 Å². The van der Waals surface area contributed by atoms with Crippen LogP contribution in [0.2, 0.25) is 0 Å². The lowest BCUT2D eigenvalue weighted by molar-refractivity contribution is 0.277. The average molecular weight is 152 g/mol. The topological polar surface area (TPSA) is 38.0 Å². The fourth-order valence-electron chi connectivity index (χ4n) is 1.19. The van der Waals surface area contributed by atoms with E-state index in [-0.39, 0.29) is 6.61 Å². The lowest BCUT2D eigenvalue weighted by atomic mass is 10.4. The van der Waals surface area contributed by atoms with E-state index in [1.165, 1.54) is 12.8 Å². The van der Waals surface area contributed by atoms with Gasteiger partial charge >= 0.3 is 0 Å². The van der Waals surface area contributed by atoms with Gasteiger partial charge in [0.15, 0.2) is 0 Å². The molecule has 1 heterocycles. The van der Waals surface area contributed by atoms with Gasteiger partial charge in [-0.1, -0.05) is 0 Å². The van der Waals surface area contributed by atoms with Gasteiger partial charge in [0, 0.05) is 12.7 Å². The lowest BCUT2D eigenvalue weighted by Gasteiger charge is -1.96. The largest absolute Gasteiger partial charge is 0.390 e. The molecular formula is C8H12N2O. The van der Waals surface area contributed by atoms with Crippen LogP contribution >= 0.6 is 0 Å². The first-order valence-electron chi connectivity index (χ1n) is 4.00. The Labute approximate surface area is 65.7 Å². The molecule has 0 bridgehead atoms. The minimum absolute atomic E-state index is 0.0532. The number of aliphatic hydroxyl groups is 1. The Bertz CT molecular complexity index is 240. The molecule has 11 heavy (non-hydrogen) atoms. The maximum absolute atomic E-state index is 8.72. The highest BCUT2D eigenvalue weighted by molar-refractivity contribution is 4.95. The average Bonchev–Trinajstić information content (AvgIpc) is 2.68. The van der Waals surface area contributed by atoms with Crippen LogP contribution in [0.4, 0.5) is 0 Å². The summed E-state index contributed by atoms with van der Waals surface area (Å²) in [6.45, 7) is 1.13. The number of hydrogen-bond donors (Lipinski definition) is 1. The van der Waals surface area contributed by atoms with Gasteiger partial charge in [-0.05, 0) is 18.8 Å². The number of aliphatic hydroxyl groups excluding tert-OH is 1. The van der Waals surface area contributed by atoms with Gasteiger partial charge in [0.2, 0.25) is 0 Å². The third-order valence-corrected chi connectivity index (χ3v) is 2.01. The van der Waals surface area contributed by atoms with Crippen LogP contribution in [-0.4, -0.2) is 14.7 Å². The van der Waals surface area contributed by atoms with Crippen molar-refractivity contribution in [2.24, 2.45) is 5.92 Å². The highest BCUT2D eigenvalue weighted by Crippen LogP contribution is 2.30. The second kappa shape index (κ2) is 2.66. The van der Waals surface area contributed by atoms with Crippen LogP contribution < -0.4 is 0 Å². The molecule has 60 valence electrons. The van der Waals surface area contributed by atoms with Gasteiger partial charge in [-0.3, -0.25) is 0 Å². The number of aromatic nitrogens is 2. The molecule has 1 aromatic heterocycles. The zero-order valence-corrected chi connectivity index (χ0v) is 6.40. The van der Waals surface area contributed by atoms with Crippen molar-refractivity contribution in [2.75, 3.05) is 0 Å². The van der Waals surface area contributed by atoms with Crippen molar-refractivity contribution >= 4 is 0 Å². The standard InChI is InChI=1S/C8H12N2O/c11-5-8-4-10(6-9-8)3-7-1-2-7/h4,6-7,11H,1-3,5H2. The first kappa shape index (κ1) is 6.85. The van der Waals surface area contributed by atoms with E-state index >= 15 is 0 Å². The Morgan fingerprint density at radius 2 is 2.45 bits per heavy atom. The predicted octanol–water partition coefficient (Wildman–Crippen LogP) is 0.785. The maximum Gasteiger partial charge on any atom is 0.0950 e. The molecule has 1 N–H and O–H groups in total. The number of imidazole rings is 1. The molecule has 1 aromatic rings. The minimum atomic E-state index is 0.0532. The number of hydrogen-bond acceptors (Lipinski definition) is 2. The molecular weight excluding hydrogens is 140 g/mol. The summed E-state index contributed by atoms with van der Waals surface area (Å²) >= 11 is 0. The van der Waals surface area contributed by atoms with Crippen molar-refractivity contribution in [2.45, 2.75) is 26.0 Å². The summed E-state index contributed by atoms with van der Waals surface area (Å²) in [5.41, 5.74) is 0.769. The monoisotopic (exact) mass is 152 g/mol. The van der Waals surface area contributed by atoms with Gasteiger partial charge in [0.1, 0.15) is 0 Å². The summed E-state index contributed by atoms with van der Waals surface area (Å²) in [6.07, 6.45) is 6.42. The molecule has 1 fully saturated rings. The van der Waals surface area contributed by atoms with Gasteiger partial charge in [-0.15, -0.1) is 0 Å². The van der Waals surface area contributed by atoms with E-state index in [0.29, 0.717) is 0 Å². The van der Waals surface area contributed by atoms with E-state index in [2.05, 4.69) is 9.55 Å². The zero-order valence-electron chi connectivity index (χ0n) is 6.40.